The maximum Gasteiger partial charge on any atom is 0.305 e. The molecule has 3 N–H and O–H groups in total. The third-order valence-corrected chi connectivity index (χ3v) is 16.1. The lowest BCUT2D eigenvalue weighted by Crippen LogP contribution is -2.45. The van der Waals surface area contributed by atoms with E-state index in [4.69, 9.17) is 4.74 Å². The molecule has 0 saturated heterocycles. The zero-order valence-corrected chi connectivity index (χ0v) is 50.4. The monoisotopic (exact) mass is 1040 g/mol. The minimum atomic E-state index is -0.665. The lowest BCUT2D eigenvalue weighted by Gasteiger charge is -2.22. The Morgan fingerprint density at radius 2 is 0.635 bits per heavy atom. The van der Waals surface area contributed by atoms with Crippen molar-refractivity contribution in [2.24, 2.45) is 0 Å². The SMILES string of the molecule is CCCCCCCCCCCCCCCCCCCCC(O)C(CO)NC(=O)CCCCCCCCCCCC/C=C\CCCCCCCCCCCCCCOC(=O)CCCCCCCCCCCCCCC. The van der Waals surface area contributed by atoms with Gasteiger partial charge >= 0.3 is 5.97 Å². The molecule has 2 atom stereocenters. The van der Waals surface area contributed by atoms with Gasteiger partial charge in [-0.3, -0.25) is 9.59 Å². The average molecular weight is 1040 g/mol. The van der Waals surface area contributed by atoms with Crippen LogP contribution in [0.5, 0.6) is 0 Å². The molecule has 0 rings (SSSR count). The number of allylic oxidation sites excluding steroid dienone is 2. The van der Waals surface area contributed by atoms with Crippen LogP contribution < -0.4 is 5.32 Å². The van der Waals surface area contributed by atoms with Gasteiger partial charge in [0.1, 0.15) is 0 Å². The summed E-state index contributed by atoms with van der Waals surface area (Å²) in [4.78, 5) is 24.6. The maximum atomic E-state index is 12.5. The Kier molecular flexibility index (Phi) is 62.9. The molecular weight excluding hydrogens is 911 g/mol. The standard InChI is InChI=1S/C68H133NO5/c1-3-5-7-9-11-13-15-17-18-19-30-33-37-40-44-48-52-56-60-66(71)65(64-70)69-67(72)61-57-53-49-45-41-38-34-31-28-26-24-22-20-21-23-25-27-29-32-35-39-43-47-51-55-59-63-74-68(73)62-58-54-50-46-42-36-16-14-12-10-8-6-4-2/h20,22,65-66,70-71H,3-19,21,23-64H2,1-2H3,(H,69,72)/b22-20-. The molecule has 440 valence electrons. The number of hydrogen-bond donors (Lipinski definition) is 3. The molecule has 0 spiro atoms. The predicted octanol–water partition coefficient (Wildman–Crippen LogP) is 21.6. The van der Waals surface area contributed by atoms with Crippen LogP contribution in [0.3, 0.4) is 0 Å². The fourth-order valence-electron chi connectivity index (χ4n) is 10.9. The van der Waals surface area contributed by atoms with Crippen molar-refractivity contribution in [3.05, 3.63) is 12.2 Å². The highest BCUT2D eigenvalue weighted by molar-refractivity contribution is 5.76. The largest absolute Gasteiger partial charge is 0.466 e. The van der Waals surface area contributed by atoms with Gasteiger partial charge in [-0.25, -0.2) is 0 Å². The molecule has 6 heteroatoms. The maximum absolute atomic E-state index is 12.5. The first-order valence-electron chi connectivity index (χ1n) is 33.9. The summed E-state index contributed by atoms with van der Waals surface area (Å²) >= 11 is 0. The van der Waals surface area contributed by atoms with Gasteiger partial charge in [0.05, 0.1) is 25.4 Å². The molecule has 0 saturated carbocycles. The van der Waals surface area contributed by atoms with Gasteiger partial charge < -0.3 is 20.3 Å². The van der Waals surface area contributed by atoms with Gasteiger partial charge in [0.25, 0.3) is 0 Å². The first kappa shape index (κ1) is 72.6. The summed E-state index contributed by atoms with van der Waals surface area (Å²) in [6, 6.07) is -0.542. The Hall–Kier alpha value is -1.40. The van der Waals surface area contributed by atoms with Crippen molar-refractivity contribution in [2.45, 2.75) is 398 Å². The number of amides is 1. The van der Waals surface area contributed by atoms with Crippen LogP contribution in [0.2, 0.25) is 0 Å². The highest BCUT2D eigenvalue weighted by Crippen LogP contribution is 2.19. The van der Waals surface area contributed by atoms with Crippen LogP contribution in [0, 0.1) is 0 Å². The van der Waals surface area contributed by atoms with Crippen molar-refractivity contribution in [1.82, 2.24) is 5.32 Å². The van der Waals surface area contributed by atoms with Gasteiger partial charge in [-0.2, -0.15) is 0 Å². The molecule has 74 heavy (non-hydrogen) atoms. The molecule has 0 aliphatic rings. The number of rotatable bonds is 64. The van der Waals surface area contributed by atoms with E-state index in [1.54, 1.807) is 0 Å². The summed E-state index contributed by atoms with van der Waals surface area (Å²) in [6.45, 7) is 4.99. The van der Waals surface area contributed by atoms with E-state index in [0.717, 1.165) is 38.5 Å². The second-order valence-corrected chi connectivity index (χ2v) is 23.5. The number of hydrogen-bond acceptors (Lipinski definition) is 5. The number of nitrogens with one attached hydrogen (secondary N) is 1. The molecule has 0 fully saturated rings. The number of esters is 1. The van der Waals surface area contributed by atoms with E-state index in [1.807, 2.05) is 0 Å². The Balaban J connectivity index is 3.38. The van der Waals surface area contributed by atoms with Crippen LogP contribution in [0.4, 0.5) is 0 Å². The van der Waals surface area contributed by atoms with Crippen molar-refractivity contribution in [1.29, 1.82) is 0 Å². The Morgan fingerprint density at radius 3 is 0.959 bits per heavy atom. The van der Waals surface area contributed by atoms with E-state index in [1.165, 1.54) is 315 Å². The molecule has 0 aliphatic carbocycles. The molecule has 0 radical (unpaired) electrons. The molecule has 0 aromatic heterocycles. The summed E-state index contributed by atoms with van der Waals surface area (Å²) in [5.41, 5.74) is 0. The van der Waals surface area contributed by atoms with Crippen molar-refractivity contribution >= 4 is 11.9 Å². The van der Waals surface area contributed by atoms with Gasteiger partial charge in [0.2, 0.25) is 5.91 Å². The predicted molar refractivity (Wildman–Crippen MR) is 324 cm³/mol. The second kappa shape index (κ2) is 64.1. The lowest BCUT2D eigenvalue weighted by atomic mass is 10.0. The smallest absolute Gasteiger partial charge is 0.305 e. The van der Waals surface area contributed by atoms with Gasteiger partial charge in [0.15, 0.2) is 0 Å². The average Bonchev–Trinajstić information content (AvgIpc) is 3.40. The van der Waals surface area contributed by atoms with E-state index < -0.39 is 12.1 Å². The third kappa shape index (κ3) is 59.8. The zero-order valence-electron chi connectivity index (χ0n) is 50.4. The fraction of sp³-hybridized carbons (Fsp3) is 0.941. The fourth-order valence-corrected chi connectivity index (χ4v) is 10.9. The Bertz CT molecular complexity index is 1110. The number of aliphatic hydroxyl groups is 2. The number of carbonyl (C=O) groups is 2. The Labute approximate surface area is 463 Å². The van der Waals surface area contributed by atoms with Gasteiger partial charge in [0, 0.05) is 12.8 Å². The lowest BCUT2D eigenvalue weighted by molar-refractivity contribution is -0.143. The van der Waals surface area contributed by atoms with Crippen LogP contribution in [0.25, 0.3) is 0 Å². The number of unbranched alkanes of at least 4 members (excludes halogenated alkanes) is 51. The van der Waals surface area contributed by atoms with Crippen LogP contribution in [0.15, 0.2) is 12.2 Å². The summed E-state index contributed by atoms with van der Waals surface area (Å²) < 4.78 is 5.48. The third-order valence-electron chi connectivity index (χ3n) is 16.1. The van der Waals surface area contributed by atoms with E-state index in [9.17, 15) is 19.8 Å². The first-order chi connectivity index (χ1) is 36.5. The summed E-state index contributed by atoms with van der Waals surface area (Å²) in [5.74, 6) is -0.0161. The molecule has 0 heterocycles. The van der Waals surface area contributed by atoms with Crippen molar-refractivity contribution < 1.29 is 24.5 Å². The van der Waals surface area contributed by atoms with E-state index in [0.29, 0.717) is 25.9 Å². The normalized spacial score (nSPS) is 12.5. The van der Waals surface area contributed by atoms with E-state index in [-0.39, 0.29) is 18.5 Å². The van der Waals surface area contributed by atoms with Crippen molar-refractivity contribution in [2.75, 3.05) is 13.2 Å². The molecule has 0 aromatic carbocycles. The van der Waals surface area contributed by atoms with E-state index >= 15 is 0 Å². The molecule has 1 amide bonds. The number of aliphatic hydroxyl groups excluding tert-OH is 2. The van der Waals surface area contributed by atoms with Crippen molar-refractivity contribution in [3.63, 3.8) is 0 Å². The van der Waals surface area contributed by atoms with Crippen LogP contribution in [-0.2, 0) is 14.3 Å². The molecule has 0 bridgehead atoms. The number of ether oxygens (including phenoxy) is 1. The molecule has 0 aromatic rings. The quantitative estimate of drug-likeness (QED) is 0.0320. The minimum absolute atomic E-state index is 0.0168. The zero-order chi connectivity index (χ0) is 53.6. The molecule has 2 unspecified atom stereocenters. The topological polar surface area (TPSA) is 95.9 Å². The minimum Gasteiger partial charge on any atom is -0.466 e. The van der Waals surface area contributed by atoms with Gasteiger partial charge in [-0.05, 0) is 51.4 Å². The van der Waals surface area contributed by atoms with E-state index in [2.05, 4.69) is 31.3 Å². The first-order valence-corrected chi connectivity index (χ1v) is 33.9. The van der Waals surface area contributed by atoms with Crippen LogP contribution in [0.1, 0.15) is 386 Å². The molecule has 6 nitrogen and oxygen atoms in total. The van der Waals surface area contributed by atoms with Gasteiger partial charge in [-0.1, -0.05) is 334 Å². The molecular formula is C68H133NO5. The highest BCUT2D eigenvalue weighted by atomic mass is 16.5. The van der Waals surface area contributed by atoms with Crippen molar-refractivity contribution in [3.8, 4) is 0 Å². The summed E-state index contributed by atoms with van der Waals surface area (Å²) in [6.07, 6.45) is 78.2. The van der Waals surface area contributed by atoms with Gasteiger partial charge in [-0.15, -0.1) is 0 Å². The second-order valence-electron chi connectivity index (χ2n) is 23.5. The number of carbonyl (C=O) groups excluding carboxylic acids is 2. The van der Waals surface area contributed by atoms with Crippen LogP contribution >= 0.6 is 0 Å². The summed E-state index contributed by atoms with van der Waals surface area (Å²) in [5, 5.41) is 23.4. The molecule has 0 aliphatic heterocycles. The highest BCUT2D eigenvalue weighted by Gasteiger charge is 2.20. The summed E-state index contributed by atoms with van der Waals surface area (Å²) in [7, 11) is 0. The van der Waals surface area contributed by atoms with Crippen LogP contribution in [-0.4, -0.2) is 47.4 Å². The Morgan fingerprint density at radius 1 is 0.365 bits per heavy atom.